The fourth-order valence-electron chi connectivity index (χ4n) is 1.85. The second-order valence-electron chi connectivity index (χ2n) is 4.72. The maximum absolute atomic E-state index is 11.4. The van der Waals surface area contributed by atoms with E-state index >= 15 is 0 Å². The lowest BCUT2D eigenvalue weighted by atomic mass is 10.2. The van der Waals surface area contributed by atoms with Crippen LogP contribution in [-0.2, 0) is 6.54 Å². The first-order valence-electron chi connectivity index (χ1n) is 6.83. The average molecular weight is 368 g/mol. The number of halogens is 1. The number of aryl methyl sites for hydroxylation is 1. The normalized spacial score (nSPS) is 10.8. The Labute approximate surface area is 136 Å². The molecule has 21 heavy (non-hydrogen) atoms. The highest BCUT2D eigenvalue weighted by Gasteiger charge is 2.05. The SMILES string of the molecule is CCCNCc1ccc(Sc2nc(C)cc(=O)[nH]2)cc1Br. The number of benzene rings is 1. The minimum absolute atomic E-state index is 0.121. The van der Waals surface area contributed by atoms with Crippen LogP contribution in [0, 0.1) is 6.92 Å². The van der Waals surface area contributed by atoms with Crippen molar-refractivity contribution in [3.63, 3.8) is 0 Å². The van der Waals surface area contributed by atoms with Crippen molar-refractivity contribution in [1.29, 1.82) is 0 Å². The minimum atomic E-state index is -0.121. The van der Waals surface area contributed by atoms with Gasteiger partial charge in [0.2, 0.25) is 0 Å². The van der Waals surface area contributed by atoms with E-state index in [-0.39, 0.29) is 5.56 Å². The molecule has 0 bridgehead atoms. The van der Waals surface area contributed by atoms with Gasteiger partial charge in [0.05, 0.1) is 0 Å². The fourth-order valence-corrected chi connectivity index (χ4v) is 3.39. The Kier molecular flexibility index (Phi) is 6.02. The molecule has 2 aromatic rings. The van der Waals surface area contributed by atoms with Crippen molar-refractivity contribution >= 4 is 27.7 Å². The highest BCUT2D eigenvalue weighted by Crippen LogP contribution is 2.28. The van der Waals surface area contributed by atoms with Gasteiger partial charge >= 0.3 is 0 Å². The Morgan fingerprint density at radius 3 is 2.86 bits per heavy atom. The molecule has 0 aliphatic heterocycles. The smallest absolute Gasteiger partial charge is 0.251 e. The molecule has 0 aliphatic carbocycles. The van der Waals surface area contributed by atoms with E-state index in [1.54, 1.807) is 0 Å². The Bertz CT molecular complexity index is 672. The average Bonchev–Trinajstić information content (AvgIpc) is 2.40. The molecule has 4 nitrogen and oxygen atoms in total. The molecule has 0 amide bonds. The maximum Gasteiger partial charge on any atom is 0.251 e. The predicted molar refractivity (Wildman–Crippen MR) is 89.9 cm³/mol. The van der Waals surface area contributed by atoms with E-state index in [9.17, 15) is 4.79 Å². The van der Waals surface area contributed by atoms with Crippen molar-refractivity contribution in [2.75, 3.05) is 6.54 Å². The number of aromatic amines is 1. The molecule has 0 saturated heterocycles. The van der Waals surface area contributed by atoms with Crippen LogP contribution in [0.1, 0.15) is 24.6 Å². The molecular weight excluding hydrogens is 350 g/mol. The summed E-state index contributed by atoms with van der Waals surface area (Å²) in [7, 11) is 0. The summed E-state index contributed by atoms with van der Waals surface area (Å²) in [5.74, 6) is 0. The summed E-state index contributed by atoms with van der Waals surface area (Å²) in [4.78, 5) is 19.5. The standard InChI is InChI=1S/C15H18BrN3OS/c1-3-6-17-9-11-4-5-12(8-13(11)16)21-15-18-10(2)7-14(20)19-15/h4-5,7-8,17H,3,6,9H2,1-2H3,(H,18,19,20). The number of rotatable bonds is 6. The molecule has 0 radical (unpaired) electrons. The van der Waals surface area contributed by atoms with Gasteiger partial charge < -0.3 is 10.3 Å². The molecule has 2 rings (SSSR count). The molecule has 1 aromatic heterocycles. The van der Waals surface area contributed by atoms with Gasteiger partial charge in [-0.1, -0.05) is 40.7 Å². The van der Waals surface area contributed by atoms with Crippen LogP contribution >= 0.6 is 27.7 Å². The molecular formula is C15H18BrN3OS. The van der Waals surface area contributed by atoms with Gasteiger partial charge in [0.15, 0.2) is 5.16 Å². The zero-order chi connectivity index (χ0) is 15.2. The molecule has 0 aliphatic rings. The molecule has 0 spiro atoms. The Balaban J connectivity index is 2.10. The van der Waals surface area contributed by atoms with Gasteiger partial charge in [-0.2, -0.15) is 0 Å². The van der Waals surface area contributed by atoms with Gasteiger partial charge in [-0.05, 0) is 37.6 Å². The van der Waals surface area contributed by atoms with Crippen LogP contribution in [0.15, 0.2) is 43.6 Å². The molecule has 1 heterocycles. The molecule has 6 heteroatoms. The number of hydrogen-bond acceptors (Lipinski definition) is 4. The lowest BCUT2D eigenvalue weighted by molar-refractivity contribution is 0.673. The number of nitrogens with zero attached hydrogens (tertiary/aromatic N) is 1. The molecule has 0 unspecified atom stereocenters. The highest BCUT2D eigenvalue weighted by atomic mass is 79.9. The van der Waals surface area contributed by atoms with Crippen LogP contribution in [0.25, 0.3) is 0 Å². The Hall–Kier alpha value is -1.11. The van der Waals surface area contributed by atoms with E-state index in [4.69, 9.17) is 0 Å². The quantitative estimate of drug-likeness (QED) is 0.605. The molecule has 2 N–H and O–H groups in total. The number of aromatic nitrogens is 2. The lowest BCUT2D eigenvalue weighted by Crippen LogP contribution is -2.14. The molecule has 0 fully saturated rings. The van der Waals surface area contributed by atoms with Crippen LogP contribution < -0.4 is 10.9 Å². The third kappa shape index (κ3) is 4.98. The maximum atomic E-state index is 11.4. The van der Waals surface area contributed by atoms with Crippen LogP contribution in [0.4, 0.5) is 0 Å². The van der Waals surface area contributed by atoms with Crippen molar-refractivity contribution < 1.29 is 0 Å². The van der Waals surface area contributed by atoms with E-state index < -0.39 is 0 Å². The van der Waals surface area contributed by atoms with Crippen molar-refractivity contribution in [3.8, 4) is 0 Å². The van der Waals surface area contributed by atoms with Crippen LogP contribution in [0.5, 0.6) is 0 Å². The van der Waals surface area contributed by atoms with Crippen LogP contribution in [0.2, 0.25) is 0 Å². The number of hydrogen-bond donors (Lipinski definition) is 2. The summed E-state index contributed by atoms with van der Waals surface area (Å²) in [6.45, 7) is 5.82. The Morgan fingerprint density at radius 1 is 1.38 bits per heavy atom. The second kappa shape index (κ2) is 7.77. The van der Waals surface area contributed by atoms with E-state index in [2.05, 4.69) is 50.3 Å². The fraction of sp³-hybridized carbons (Fsp3) is 0.333. The summed E-state index contributed by atoms with van der Waals surface area (Å²) >= 11 is 5.05. The summed E-state index contributed by atoms with van der Waals surface area (Å²) in [6, 6.07) is 7.67. The monoisotopic (exact) mass is 367 g/mol. The van der Waals surface area contributed by atoms with Crippen LogP contribution in [0.3, 0.4) is 0 Å². The summed E-state index contributed by atoms with van der Waals surface area (Å²) in [6.07, 6.45) is 1.12. The second-order valence-corrected chi connectivity index (χ2v) is 6.64. The zero-order valence-electron chi connectivity index (χ0n) is 12.1. The zero-order valence-corrected chi connectivity index (χ0v) is 14.5. The molecule has 1 aromatic carbocycles. The van der Waals surface area contributed by atoms with E-state index in [0.717, 1.165) is 34.6 Å². The third-order valence-corrected chi connectivity index (χ3v) is 4.44. The lowest BCUT2D eigenvalue weighted by Gasteiger charge is -2.08. The van der Waals surface area contributed by atoms with E-state index in [1.807, 2.05) is 13.0 Å². The van der Waals surface area contributed by atoms with Gasteiger partial charge in [-0.3, -0.25) is 4.79 Å². The van der Waals surface area contributed by atoms with E-state index in [0.29, 0.717) is 5.16 Å². The minimum Gasteiger partial charge on any atom is -0.313 e. The van der Waals surface area contributed by atoms with Crippen molar-refractivity contribution in [2.24, 2.45) is 0 Å². The molecule has 0 saturated carbocycles. The van der Waals surface area contributed by atoms with E-state index in [1.165, 1.54) is 23.4 Å². The first-order valence-corrected chi connectivity index (χ1v) is 8.44. The van der Waals surface area contributed by atoms with Gasteiger partial charge in [0.1, 0.15) is 0 Å². The van der Waals surface area contributed by atoms with Crippen molar-refractivity contribution in [2.45, 2.75) is 36.9 Å². The summed E-state index contributed by atoms with van der Waals surface area (Å²) < 4.78 is 1.06. The largest absolute Gasteiger partial charge is 0.313 e. The Morgan fingerprint density at radius 2 is 2.19 bits per heavy atom. The third-order valence-electron chi connectivity index (χ3n) is 2.83. The van der Waals surface area contributed by atoms with Gasteiger partial charge in [-0.25, -0.2) is 4.98 Å². The molecule has 0 atom stereocenters. The highest BCUT2D eigenvalue weighted by molar-refractivity contribution is 9.10. The first kappa shape index (κ1) is 16.3. The van der Waals surface area contributed by atoms with Crippen LogP contribution in [-0.4, -0.2) is 16.5 Å². The summed E-state index contributed by atoms with van der Waals surface area (Å²) in [5.41, 5.74) is 1.82. The topological polar surface area (TPSA) is 57.8 Å². The predicted octanol–water partition coefficient (Wildman–Crippen LogP) is 3.49. The van der Waals surface area contributed by atoms with Crippen molar-refractivity contribution in [1.82, 2.24) is 15.3 Å². The molecule has 112 valence electrons. The van der Waals surface area contributed by atoms with Gasteiger partial charge in [-0.15, -0.1) is 0 Å². The summed E-state index contributed by atoms with van der Waals surface area (Å²) in [5, 5.41) is 3.99. The first-order chi connectivity index (χ1) is 10.1. The number of H-pyrrole nitrogens is 1. The van der Waals surface area contributed by atoms with Gasteiger partial charge in [0, 0.05) is 27.7 Å². The van der Waals surface area contributed by atoms with Gasteiger partial charge in [0.25, 0.3) is 5.56 Å². The number of nitrogens with one attached hydrogen (secondary N) is 2. The van der Waals surface area contributed by atoms with Crippen molar-refractivity contribution in [3.05, 3.63) is 50.3 Å².